The van der Waals surface area contributed by atoms with E-state index in [1.165, 1.54) is 13.8 Å². The van der Waals surface area contributed by atoms with Crippen LogP contribution in [-0.4, -0.2) is 132 Å². The lowest BCUT2D eigenvalue weighted by molar-refractivity contribution is -0.185. The van der Waals surface area contributed by atoms with Crippen LogP contribution in [-0.2, 0) is 28.5 Å². The summed E-state index contributed by atoms with van der Waals surface area (Å²) < 4.78 is 20.1. The summed E-state index contributed by atoms with van der Waals surface area (Å²) in [6.45, 7) is 5.75. The van der Waals surface area contributed by atoms with Crippen molar-refractivity contribution >= 4 is 11.6 Å². The van der Waals surface area contributed by atoms with Crippen molar-refractivity contribution in [2.45, 2.75) is 57.3 Å². The van der Waals surface area contributed by atoms with Gasteiger partial charge in [-0.2, -0.15) is 0 Å². The second-order valence-corrected chi connectivity index (χ2v) is 7.39. The molecule has 34 heavy (non-hydrogen) atoms. The van der Waals surface area contributed by atoms with Gasteiger partial charge >= 0.3 is 0 Å². The van der Waals surface area contributed by atoms with Crippen LogP contribution in [0.4, 0.5) is 0 Å². The molecule has 0 amide bonds. The lowest BCUT2D eigenvalue weighted by atomic mass is 9.76. The maximum Gasteiger partial charge on any atom is 0.211 e. The Kier molecular flexibility index (Phi) is 19.8. The van der Waals surface area contributed by atoms with Crippen LogP contribution < -0.4 is 0 Å². The zero-order valence-electron chi connectivity index (χ0n) is 20.8. The van der Waals surface area contributed by atoms with Gasteiger partial charge in [-0.05, 0) is 26.7 Å². The van der Waals surface area contributed by atoms with Gasteiger partial charge < -0.3 is 49.6 Å². The number of hydrogen-bond donors (Lipinski definition) is 6. The fourth-order valence-electron chi connectivity index (χ4n) is 2.62. The monoisotopic (exact) mass is 500 g/mol. The van der Waals surface area contributed by atoms with Crippen LogP contribution in [0.3, 0.4) is 0 Å². The van der Waals surface area contributed by atoms with Crippen molar-refractivity contribution in [1.29, 1.82) is 0 Å². The first-order valence-electron chi connectivity index (χ1n) is 11.4. The van der Waals surface area contributed by atoms with E-state index >= 15 is 0 Å². The van der Waals surface area contributed by atoms with E-state index in [0.29, 0.717) is 0 Å². The van der Waals surface area contributed by atoms with E-state index in [9.17, 15) is 35.1 Å². The second kappa shape index (κ2) is 19.2. The van der Waals surface area contributed by atoms with Crippen molar-refractivity contribution in [3.8, 4) is 0 Å². The van der Waals surface area contributed by atoms with E-state index in [1.54, 1.807) is 0 Å². The summed E-state index contributed by atoms with van der Waals surface area (Å²) in [4.78, 5) is 25.4. The van der Waals surface area contributed by atoms with Crippen molar-refractivity contribution in [2.75, 3.05) is 72.7 Å². The number of ether oxygens (including phenoxy) is 4. The van der Waals surface area contributed by atoms with Crippen molar-refractivity contribution in [3.63, 3.8) is 0 Å². The molecular formula is C22H44O12. The number of Topliss-reactive ketones (excluding diaryl/α,β-unsaturated/α-hetero) is 2. The van der Waals surface area contributed by atoms with E-state index in [-0.39, 0.29) is 52.5 Å². The zero-order chi connectivity index (χ0) is 26.7. The maximum absolute atomic E-state index is 12.7. The largest absolute Gasteiger partial charge is 0.394 e. The van der Waals surface area contributed by atoms with Crippen LogP contribution in [0.1, 0.15) is 40.5 Å². The van der Waals surface area contributed by atoms with Crippen molar-refractivity contribution < 1.29 is 59.2 Å². The van der Waals surface area contributed by atoms with Gasteiger partial charge in [-0.25, -0.2) is 0 Å². The Morgan fingerprint density at radius 2 is 1.00 bits per heavy atom. The minimum atomic E-state index is -2.99. The number of rotatable bonds is 20. The first-order chi connectivity index (χ1) is 16.0. The van der Waals surface area contributed by atoms with Gasteiger partial charge in [0.05, 0.1) is 59.5 Å². The predicted octanol–water partition coefficient (Wildman–Crippen LogP) is -1.79. The summed E-state index contributed by atoms with van der Waals surface area (Å²) in [5, 5.41) is 58.6. The summed E-state index contributed by atoms with van der Waals surface area (Å²) >= 11 is 0. The molecule has 0 saturated carbocycles. The van der Waals surface area contributed by atoms with E-state index in [1.807, 2.05) is 13.8 Å². The molecule has 0 radical (unpaired) electrons. The Morgan fingerprint density at radius 3 is 1.29 bits per heavy atom. The maximum atomic E-state index is 12.7. The number of carbonyl (C=O) groups is 2. The number of hydrogen-bond acceptors (Lipinski definition) is 12. The fraction of sp³-hybridized carbons (Fsp3) is 0.909. The molecule has 0 aliphatic carbocycles. The summed E-state index contributed by atoms with van der Waals surface area (Å²) in [6.07, 6.45) is -0.614. The summed E-state index contributed by atoms with van der Waals surface area (Å²) in [7, 11) is 0. The molecule has 6 N–H and O–H groups in total. The van der Waals surface area contributed by atoms with Gasteiger partial charge in [0, 0.05) is 13.2 Å². The molecule has 0 saturated heterocycles. The number of ketones is 2. The Morgan fingerprint density at radius 1 is 0.618 bits per heavy atom. The summed E-state index contributed by atoms with van der Waals surface area (Å²) in [5.41, 5.74) is -7.86. The van der Waals surface area contributed by atoms with Gasteiger partial charge in [-0.15, -0.1) is 0 Å². The molecule has 0 aromatic carbocycles. The van der Waals surface area contributed by atoms with E-state index in [2.05, 4.69) is 0 Å². The number of carbonyl (C=O) groups excluding carboxylic acids is 2. The van der Waals surface area contributed by atoms with Crippen LogP contribution in [0.5, 0.6) is 0 Å². The Bertz CT molecular complexity index is 500. The zero-order valence-corrected chi connectivity index (χ0v) is 20.8. The molecule has 0 aromatic heterocycles. The van der Waals surface area contributed by atoms with Crippen LogP contribution in [0, 0.1) is 0 Å². The molecule has 2 unspecified atom stereocenters. The molecule has 0 aliphatic heterocycles. The summed E-state index contributed by atoms with van der Waals surface area (Å²) in [6, 6.07) is 0. The smallest absolute Gasteiger partial charge is 0.211 e. The molecule has 0 bridgehead atoms. The summed E-state index contributed by atoms with van der Waals surface area (Å²) in [5.74, 6) is -2.86. The van der Waals surface area contributed by atoms with Gasteiger partial charge in [0.1, 0.15) is 11.2 Å². The van der Waals surface area contributed by atoms with Gasteiger partial charge in [0.15, 0.2) is 0 Å². The average molecular weight is 501 g/mol. The highest BCUT2D eigenvalue weighted by Gasteiger charge is 2.57. The molecule has 0 heterocycles. The van der Waals surface area contributed by atoms with Gasteiger partial charge in [-0.3, -0.25) is 9.59 Å². The molecule has 0 rings (SSSR count). The highest BCUT2D eigenvalue weighted by molar-refractivity contribution is 6.16. The molecule has 0 aromatic rings. The molecular weight excluding hydrogens is 456 g/mol. The fourth-order valence-corrected chi connectivity index (χ4v) is 2.62. The third-order valence-corrected chi connectivity index (χ3v) is 4.99. The first kappa shape index (κ1) is 35.1. The molecule has 2 atom stereocenters. The molecule has 12 nitrogen and oxygen atoms in total. The molecule has 0 aliphatic rings. The van der Waals surface area contributed by atoms with Gasteiger partial charge in [0.25, 0.3) is 0 Å². The lowest BCUT2D eigenvalue weighted by Gasteiger charge is -2.37. The quantitative estimate of drug-likeness (QED) is 0.0813. The van der Waals surface area contributed by atoms with Crippen LogP contribution in [0.2, 0.25) is 0 Å². The molecule has 12 heteroatoms. The molecule has 0 fully saturated rings. The average Bonchev–Trinajstić information content (AvgIpc) is 2.86. The Labute approximate surface area is 201 Å². The normalized spacial score (nSPS) is 16.5. The minimum Gasteiger partial charge on any atom is -0.394 e. The van der Waals surface area contributed by atoms with Gasteiger partial charge in [0.2, 0.25) is 17.2 Å². The van der Waals surface area contributed by atoms with Gasteiger partial charge in [-0.1, -0.05) is 13.8 Å². The van der Waals surface area contributed by atoms with E-state index in [0.717, 1.165) is 13.2 Å². The molecule has 0 spiro atoms. The van der Waals surface area contributed by atoms with E-state index in [4.69, 9.17) is 24.1 Å². The highest BCUT2D eigenvalue weighted by Crippen LogP contribution is 2.27. The predicted molar refractivity (Wildman–Crippen MR) is 121 cm³/mol. The van der Waals surface area contributed by atoms with E-state index < -0.39 is 48.2 Å². The topological polar surface area (TPSA) is 192 Å². The van der Waals surface area contributed by atoms with Crippen LogP contribution in [0.25, 0.3) is 0 Å². The number of aliphatic hydroxyl groups excluding tert-OH is 3. The van der Waals surface area contributed by atoms with Crippen molar-refractivity contribution in [2.24, 2.45) is 0 Å². The van der Waals surface area contributed by atoms with Crippen molar-refractivity contribution in [1.82, 2.24) is 0 Å². The molecule has 204 valence electrons. The minimum absolute atomic E-state index is 0.0248. The Hall–Kier alpha value is -1.06. The third kappa shape index (κ3) is 11.6. The second-order valence-electron chi connectivity index (χ2n) is 7.39. The first-order valence-corrected chi connectivity index (χ1v) is 11.4. The van der Waals surface area contributed by atoms with Crippen LogP contribution in [0.15, 0.2) is 0 Å². The highest BCUT2D eigenvalue weighted by atomic mass is 16.5. The number of aliphatic hydroxyl groups is 6. The van der Waals surface area contributed by atoms with Crippen LogP contribution >= 0.6 is 0 Å². The third-order valence-electron chi connectivity index (χ3n) is 4.99. The lowest BCUT2D eigenvalue weighted by Crippen LogP contribution is -2.66. The standard InChI is InChI=1S/C18H34O11.C4H10O/c1-3-16(24,11-20)14(22)18(26,15(23)17(25,4-2)12-21)13-29-10-9-28-8-7-27-6-5-19;1-3-5-4-2/h19-21,24-26H,3-13H2,1-2H3;3-4H2,1-2H3. The Balaban J connectivity index is 0. The van der Waals surface area contributed by atoms with Crippen molar-refractivity contribution in [3.05, 3.63) is 0 Å². The SMILES string of the molecule is CCC(O)(CO)C(=O)C(O)(COCCOCCOCCO)C(=O)C(O)(CC)CO.CCOCC.